The number of rotatable bonds is 1. The summed E-state index contributed by atoms with van der Waals surface area (Å²) >= 11 is 0. The lowest BCUT2D eigenvalue weighted by Crippen LogP contribution is -1.91. The zero-order valence-electron chi connectivity index (χ0n) is 12.8. The molecule has 5 rings (SSSR count). The summed E-state index contributed by atoms with van der Waals surface area (Å²) in [6.45, 7) is 0. The molecular weight excluding hydrogens is 282 g/mol. The van der Waals surface area contributed by atoms with Gasteiger partial charge in [-0.1, -0.05) is 42.5 Å². The van der Waals surface area contributed by atoms with Crippen LogP contribution in [0.1, 0.15) is 0 Å². The fourth-order valence-electron chi connectivity index (χ4n) is 3.60. The van der Waals surface area contributed by atoms with Crippen molar-refractivity contribution >= 4 is 38.1 Å². The largest absolute Gasteiger partial charge is 0.497 e. The van der Waals surface area contributed by atoms with E-state index in [1.54, 1.807) is 7.11 Å². The molecule has 0 radical (unpaired) electrons. The quantitative estimate of drug-likeness (QED) is 0.377. The monoisotopic (exact) mass is 297 g/mol. The van der Waals surface area contributed by atoms with Crippen LogP contribution in [0.5, 0.6) is 5.75 Å². The molecule has 2 heteroatoms. The Balaban J connectivity index is 2.15. The van der Waals surface area contributed by atoms with Crippen LogP contribution in [0.25, 0.3) is 38.1 Å². The number of aromatic nitrogens is 1. The molecule has 110 valence electrons. The molecular formula is C21H15NO. The molecule has 0 fully saturated rings. The third-order valence-corrected chi connectivity index (χ3v) is 4.65. The van der Waals surface area contributed by atoms with Crippen LogP contribution in [0.2, 0.25) is 0 Å². The van der Waals surface area contributed by atoms with Crippen LogP contribution in [-0.4, -0.2) is 11.5 Å². The van der Waals surface area contributed by atoms with Gasteiger partial charge >= 0.3 is 0 Å². The van der Waals surface area contributed by atoms with Crippen LogP contribution in [0.15, 0.2) is 72.8 Å². The van der Waals surface area contributed by atoms with Crippen molar-refractivity contribution in [1.82, 2.24) is 4.40 Å². The molecule has 0 spiro atoms. The Kier molecular flexibility index (Phi) is 2.45. The Morgan fingerprint density at radius 2 is 1.35 bits per heavy atom. The van der Waals surface area contributed by atoms with Gasteiger partial charge in [0, 0.05) is 22.2 Å². The first-order valence-corrected chi connectivity index (χ1v) is 7.75. The van der Waals surface area contributed by atoms with Crippen molar-refractivity contribution in [3.05, 3.63) is 72.8 Å². The number of benzene rings is 3. The molecule has 0 aliphatic carbocycles. The van der Waals surface area contributed by atoms with Crippen LogP contribution in [0.4, 0.5) is 0 Å². The van der Waals surface area contributed by atoms with Gasteiger partial charge in [-0.3, -0.25) is 0 Å². The molecule has 2 nitrogen and oxygen atoms in total. The van der Waals surface area contributed by atoms with Gasteiger partial charge in [-0.15, -0.1) is 0 Å². The van der Waals surface area contributed by atoms with E-state index >= 15 is 0 Å². The fourth-order valence-corrected chi connectivity index (χ4v) is 3.60. The van der Waals surface area contributed by atoms with Gasteiger partial charge in [0.25, 0.3) is 0 Å². The van der Waals surface area contributed by atoms with Gasteiger partial charge in [0.05, 0.1) is 23.7 Å². The number of para-hydroxylation sites is 1. The highest BCUT2D eigenvalue weighted by Gasteiger charge is 2.12. The summed E-state index contributed by atoms with van der Waals surface area (Å²) in [5.41, 5.74) is 3.65. The van der Waals surface area contributed by atoms with Crippen LogP contribution in [0, 0.1) is 0 Å². The SMILES string of the molecule is COc1ccc2cc3c4ccccc4c4ccccc4n3c2c1. The van der Waals surface area contributed by atoms with Crippen LogP contribution < -0.4 is 4.74 Å². The number of ether oxygens (including phenoxy) is 1. The number of fused-ring (bicyclic) bond motifs is 8. The molecule has 0 bridgehead atoms. The number of methoxy groups -OCH3 is 1. The smallest absolute Gasteiger partial charge is 0.120 e. The van der Waals surface area contributed by atoms with E-state index in [2.05, 4.69) is 71.1 Å². The second kappa shape index (κ2) is 4.50. The van der Waals surface area contributed by atoms with Gasteiger partial charge in [0.1, 0.15) is 5.75 Å². The fraction of sp³-hybridized carbons (Fsp3) is 0.0476. The maximum absolute atomic E-state index is 5.43. The lowest BCUT2D eigenvalue weighted by atomic mass is 10.1. The lowest BCUT2D eigenvalue weighted by molar-refractivity contribution is 0.415. The van der Waals surface area contributed by atoms with E-state index in [-0.39, 0.29) is 0 Å². The van der Waals surface area contributed by atoms with Crippen LogP contribution >= 0.6 is 0 Å². The zero-order chi connectivity index (χ0) is 15.4. The predicted octanol–water partition coefficient (Wildman–Crippen LogP) is 5.41. The molecule has 3 aromatic carbocycles. The first-order valence-electron chi connectivity index (χ1n) is 7.75. The van der Waals surface area contributed by atoms with E-state index < -0.39 is 0 Å². The standard InChI is InChI=1S/C21H15NO/c1-23-15-11-10-14-12-21-18-8-3-2-6-16(18)17-7-4-5-9-19(17)22(21)20(14)13-15/h2-13H,1H3. The Bertz CT molecular complexity index is 1200. The van der Waals surface area contributed by atoms with Crippen molar-refractivity contribution in [2.75, 3.05) is 7.11 Å². The highest BCUT2D eigenvalue weighted by molar-refractivity contribution is 6.15. The summed E-state index contributed by atoms with van der Waals surface area (Å²) in [7, 11) is 1.71. The molecule has 5 aromatic rings. The predicted molar refractivity (Wildman–Crippen MR) is 96.5 cm³/mol. The third kappa shape index (κ3) is 1.63. The van der Waals surface area contributed by atoms with Crippen molar-refractivity contribution in [3.63, 3.8) is 0 Å². The van der Waals surface area contributed by atoms with E-state index in [1.807, 2.05) is 6.07 Å². The van der Waals surface area contributed by atoms with Gasteiger partial charge in [0.2, 0.25) is 0 Å². The van der Waals surface area contributed by atoms with Crippen molar-refractivity contribution in [3.8, 4) is 5.75 Å². The molecule has 0 N–H and O–H groups in total. The minimum atomic E-state index is 0.884. The van der Waals surface area contributed by atoms with Crippen molar-refractivity contribution < 1.29 is 4.74 Å². The summed E-state index contributed by atoms with van der Waals surface area (Å²) in [5.74, 6) is 0.884. The summed E-state index contributed by atoms with van der Waals surface area (Å²) in [6, 6.07) is 25.7. The van der Waals surface area contributed by atoms with Crippen LogP contribution in [0.3, 0.4) is 0 Å². The van der Waals surface area contributed by atoms with Gasteiger partial charge < -0.3 is 9.14 Å². The second-order valence-corrected chi connectivity index (χ2v) is 5.85. The van der Waals surface area contributed by atoms with Crippen LogP contribution in [-0.2, 0) is 0 Å². The Morgan fingerprint density at radius 3 is 2.13 bits per heavy atom. The van der Waals surface area contributed by atoms with E-state index in [1.165, 1.54) is 38.1 Å². The van der Waals surface area contributed by atoms with E-state index in [0.29, 0.717) is 0 Å². The lowest BCUT2D eigenvalue weighted by Gasteiger charge is -2.10. The van der Waals surface area contributed by atoms with E-state index in [9.17, 15) is 0 Å². The minimum Gasteiger partial charge on any atom is -0.497 e. The molecule has 2 aromatic heterocycles. The number of pyridine rings is 1. The average molecular weight is 297 g/mol. The van der Waals surface area contributed by atoms with E-state index in [0.717, 1.165) is 5.75 Å². The van der Waals surface area contributed by atoms with E-state index in [4.69, 9.17) is 4.74 Å². The van der Waals surface area contributed by atoms with Crippen molar-refractivity contribution in [2.45, 2.75) is 0 Å². The van der Waals surface area contributed by atoms with Gasteiger partial charge in [-0.25, -0.2) is 0 Å². The summed E-state index contributed by atoms with van der Waals surface area (Å²) in [5, 5.41) is 5.08. The van der Waals surface area contributed by atoms with Gasteiger partial charge in [-0.2, -0.15) is 0 Å². The maximum atomic E-state index is 5.43. The maximum Gasteiger partial charge on any atom is 0.120 e. The Hall–Kier alpha value is -3.00. The van der Waals surface area contributed by atoms with Crippen molar-refractivity contribution in [1.29, 1.82) is 0 Å². The topological polar surface area (TPSA) is 13.6 Å². The second-order valence-electron chi connectivity index (χ2n) is 5.85. The van der Waals surface area contributed by atoms with Gasteiger partial charge in [0.15, 0.2) is 0 Å². The Morgan fingerprint density at radius 1 is 0.652 bits per heavy atom. The first-order chi connectivity index (χ1) is 11.4. The summed E-state index contributed by atoms with van der Waals surface area (Å²) in [4.78, 5) is 0. The average Bonchev–Trinajstić information content (AvgIpc) is 3.01. The molecule has 2 heterocycles. The molecule has 0 aliphatic heterocycles. The number of nitrogens with zero attached hydrogens (tertiary/aromatic N) is 1. The zero-order valence-corrected chi connectivity index (χ0v) is 12.8. The molecule has 0 atom stereocenters. The van der Waals surface area contributed by atoms with Gasteiger partial charge in [-0.05, 0) is 29.7 Å². The molecule has 0 aliphatic rings. The molecule has 0 unspecified atom stereocenters. The minimum absolute atomic E-state index is 0.884. The molecule has 23 heavy (non-hydrogen) atoms. The number of hydrogen-bond donors (Lipinski definition) is 0. The molecule has 0 saturated carbocycles. The normalized spacial score (nSPS) is 11.7. The summed E-state index contributed by atoms with van der Waals surface area (Å²) in [6.07, 6.45) is 0. The summed E-state index contributed by atoms with van der Waals surface area (Å²) < 4.78 is 7.77. The Labute approximate surface area is 133 Å². The third-order valence-electron chi connectivity index (χ3n) is 4.65. The highest BCUT2D eigenvalue weighted by Crippen LogP contribution is 2.34. The molecule has 0 amide bonds. The first kappa shape index (κ1) is 12.5. The number of hydrogen-bond acceptors (Lipinski definition) is 1. The molecule has 0 saturated heterocycles. The highest BCUT2D eigenvalue weighted by atomic mass is 16.5. The van der Waals surface area contributed by atoms with Crippen molar-refractivity contribution in [2.24, 2.45) is 0 Å².